The summed E-state index contributed by atoms with van der Waals surface area (Å²) in [7, 11) is 1.57. The molecule has 0 aromatic rings. The lowest BCUT2D eigenvalue weighted by atomic mass is 10.7. The highest BCUT2D eigenvalue weighted by Crippen LogP contribution is 1.66. The van der Waals surface area contributed by atoms with Crippen molar-refractivity contribution in [3.63, 3.8) is 0 Å². The summed E-state index contributed by atoms with van der Waals surface area (Å²) < 4.78 is 4.53. The molecule has 0 radical (unpaired) electrons. The summed E-state index contributed by atoms with van der Waals surface area (Å²) in [5, 5.41) is 14.8. The maximum Gasteiger partial charge on any atom is 0.414 e. The molecule has 0 aliphatic carbocycles. The summed E-state index contributed by atoms with van der Waals surface area (Å²) in [4.78, 5) is 18.2. The Bertz CT molecular complexity index is 121. The summed E-state index contributed by atoms with van der Waals surface area (Å²) in [6.45, 7) is 1.78. The molecule has 0 spiro atoms. The van der Waals surface area contributed by atoms with Gasteiger partial charge in [-0.2, -0.15) is 0 Å². The quantitative estimate of drug-likeness (QED) is 0.343. The molecule has 0 heterocycles. The van der Waals surface area contributed by atoms with Gasteiger partial charge in [-0.1, -0.05) is 0 Å². The fourth-order valence-corrected chi connectivity index (χ4v) is 0. The van der Waals surface area contributed by atoms with Gasteiger partial charge in [-0.25, -0.2) is 9.59 Å². The summed E-state index contributed by atoms with van der Waals surface area (Å²) in [5.41, 5.74) is 5.07. The van der Waals surface area contributed by atoms with E-state index in [4.69, 9.17) is 25.5 Å². The zero-order valence-corrected chi connectivity index (χ0v) is 6.27. The van der Waals surface area contributed by atoms with Crippen LogP contribution in [0.25, 0.3) is 0 Å². The maximum atomic E-state index is 9.10. The fourth-order valence-electron chi connectivity index (χ4n) is 0. The molecule has 0 bridgehead atoms. The first-order valence-electron chi connectivity index (χ1n) is 2.66. The van der Waals surface area contributed by atoms with E-state index in [2.05, 4.69) is 4.74 Å². The van der Waals surface area contributed by atoms with Crippen LogP contribution in [0.4, 0.5) is 0 Å². The van der Waals surface area contributed by atoms with E-state index >= 15 is 0 Å². The Hall–Kier alpha value is -1.14. The lowest BCUT2D eigenvalue weighted by Crippen LogP contribution is -2.15. The first-order valence-corrected chi connectivity index (χ1v) is 2.66. The number of carboxylic acid groups (broad SMARTS) is 2. The monoisotopic (exact) mass is 165 g/mol. The number of methoxy groups -OCH3 is 1. The van der Waals surface area contributed by atoms with Crippen molar-refractivity contribution in [2.45, 2.75) is 13.2 Å². The zero-order chi connectivity index (χ0) is 9.44. The second-order valence-electron chi connectivity index (χ2n) is 1.55. The largest absolute Gasteiger partial charge is 0.473 e. The van der Waals surface area contributed by atoms with Gasteiger partial charge < -0.3 is 20.7 Å². The molecule has 0 fully saturated rings. The van der Waals surface area contributed by atoms with Crippen LogP contribution in [0.5, 0.6) is 0 Å². The van der Waals surface area contributed by atoms with Gasteiger partial charge >= 0.3 is 11.9 Å². The lowest BCUT2D eigenvalue weighted by Gasteiger charge is -1.95. The van der Waals surface area contributed by atoms with Crippen LogP contribution in [0.2, 0.25) is 0 Å². The number of carbonyl (C=O) groups is 2. The number of hydrogen-bond donors (Lipinski definition) is 3. The van der Waals surface area contributed by atoms with Crippen molar-refractivity contribution in [3.05, 3.63) is 0 Å². The van der Waals surface area contributed by atoms with Crippen LogP contribution in [-0.4, -0.2) is 35.5 Å². The minimum Gasteiger partial charge on any atom is -0.473 e. The van der Waals surface area contributed by atoms with Gasteiger partial charge in [-0.05, 0) is 6.92 Å². The van der Waals surface area contributed by atoms with Crippen LogP contribution in [-0.2, 0) is 14.3 Å². The van der Waals surface area contributed by atoms with Gasteiger partial charge in [0.25, 0.3) is 0 Å². The normalized spacial score (nSPS) is 10.8. The highest BCUT2D eigenvalue weighted by Gasteiger charge is 2.04. The predicted octanol–water partition coefficient (Wildman–Crippen LogP) is -0.907. The van der Waals surface area contributed by atoms with Gasteiger partial charge in [-0.3, -0.25) is 0 Å². The molecule has 0 amide bonds. The molecule has 0 aliphatic heterocycles. The van der Waals surface area contributed by atoms with Crippen molar-refractivity contribution in [1.29, 1.82) is 0 Å². The molecule has 4 N–H and O–H groups in total. The van der Waals surface area contributed by atoms with Gasteiger partial charge in [0.2, 0.25) is 0 Å². The zero-order valence-electron chi connectivity index (χ0n) is 6.27. The van der Waals surface area contributed by atoms with Crippen LogP contribution >= 0.6 is 0 Å². The van der Waals surface area contributed by atoms with E-state index in [1.165, 1.54) is 0 Å². The average Bonchev–Trinajstić information content (AvgIpc) is 1.89. The van der Waals surface area contributed by atoms with Crippen LogP contribution in [0.1, 0.15) is 6.92 Å². The molecule has 66 valence electrons. The maximum absolute atomic E-state index is 9.10. The first kappa shape index (κ1) is 12.5. The molecule has 1 unspecified atom stereocenters. The first-order chi connectivity index (χ1) is 4.91. The van der Waals surface area contributed by atoms with Gasteiger partial charge in [0.15, 0.2) is 0 Å². The number of ether oxygens (including phenoxy) is 1. The van der Waals surface area contributed by atoms with Crippen molar-refractivity contribution in [1.82, 2.24) is 0 Å². The standard InChI is InChI=1S/C3H9NO.C2H2O4/c1-3(4)5-2;3-1(4)2(5)6/h3H,4H2,1-2H3;(H,3,4)(H,5,6). The second kappa shape index (κ2) is 6.97. The minimum atomic E-state index is -1.82. The van der Waals surface area contributed by atoms with E-state index in [1.807, 2.05) is 0 Å². The molecule has 0 saturated heterocycles. The van der Waals surface area contributed by atoms with E-state index in [1.54, 1.807) is 14.0 Å². The third-order valence-corrected chi connectivity index (χ3v) is 0.555. The van der Waals surface area contributed by atoms with Crippen molar-refractivity contribution < 1.29 is 24.5 Å². The predicted molar refractivity (Wildman–Crippen MR) is 35.9 cm³/mol. The lowest BCUT2D eigenvalue weighted by molar-refractivity contribution is -0.159. The van der Waals surface area contributed by atoms with Crippen LogP contribution in [0.15, 0.2) is 0 Å². The summed E-state index contributed by atoms with van der Waals surface area (Å²) in [6.07, 6.45) is -0.116. The third kappa shape index (κ3) is 17.7. The van der Waals surface area contributed by atoms with Crippen molar-refractivity contribution >= 4 is 11.9 Å². The van der Waals surface area contributed by atoms with Crippen molar-refractivity contribution in [2.24, 2.45) is 5.73 Å². The fraction of sp³-hybridized carbons (Fsp3) is 0.600. The van der Waals surface area contributed by atoms with Gasteiger partial charge in [0.1, 0.15) is 6.23 Å². The molecule has 11 heavy (non-hydrogen) atoms. The Kier molecular flexibility index (Phi) is 7.94. The number of hydrogen-bond acceptors (Lipinski definition) is 4. The van der Waals surface area contributed by atoms with E-state index in [-0.39, 0.29) is 6.23 Å². The smallest absolute Gasteiger partial charge is 0.414 e. The van der Waals surface area contributed by atoms with E-state index in [0.717, 1.165) is 0 Å². The average molecular weight is 165 g/mol. The van der Waals surface area contributed by atoms with Gasteiger partial charge in [0.05, 0.1) is 0 Å². The SMILES string of the molecule is COC(C)N.O=C(O)C(=O)O. The van der Waals surface area contributed by atoms with Gasteiger partial charge in [-0.15, -0.1) is 0 Å². The number of rotatable bonds is 1. The van der Waals surface area contributed by atoms with E-state index in [9.17, 15) is 0 Å². The molecule has 0 aromatic carbocycles. The van der Waals surface area contributed by atoms with Gasteiger partial charge in [0, 0.05) is 7.11 Å². The molecule has 0 rings (SSSR count). The molecule has 6 heteroatoms. The minimum absolute atomic E-state index is 0.116. The Labute approximate surface area is 63.6 Å². The Balaban J connectivity index is 0. The summed E-state index contributed by atoms with van der Waals surface area (Å²) in [5.74, 6) is -3.65. The number of nitrogens with two attached hydrogens (primary N) is 1. The molecule has 0 aliphatic rings. The molecular formula is C5H11NO5. The Morgan fingerprint density at radius 1 is 1.36 bits per heavy atom. The number of aliphatic carboxylic acids is 2. The Morgan fingerprint density at radius 2 is 1.55 bits per heavy atom. The number of carboxylic acids is 2. The van der Waals surface area contributed by atoms with Crippen LogP contribution in [0.3, 0.4) is 0 Å². The van der Waals surface area contributed by atoms with Crippen LogP contribution < -0.4 is 5.73 Å². The van der Waals surface area contributed by atoms with E-state index < -0.39 is 11.9 Å². The molecule has 1 atom stereocenters. The summed E-state index contributed by atoms with van der Waals surface area (Å²) in [6, 6.07) is 0. The summed E-state index contributed by atoms with van der Waals surface area (Å²) >= 11 is 0. The molecule has 6 nitrogen and oxygen atoms in total. The highest BCUT2D eigenvalue weighted by molar-refractivity contribution is 6.27. The topological polar surface area (TPSA) is 110 Å². The second-order valence-corrected chi connectivity index (χ2v) is 1.55. The Morgan fingerprint density at radius 3 is 1.55 bits per heavy atom. The van der Waals surface area contributed by atoms with E-state index in [0.29, 0.717) is 0 Å². The van der Waals surface area contributed by atoms with Crippen molar-refractivity contribution in [3.8, 4) is 0 Å². The molecular weight excluding hydrogens is 154 g/mol. The van der Waals surface area contributed by atoms with Crippen molar-refractivity contribution in [2.75, 3.05) is 7.11 Å². The van der Waals surface area contributed by atoms with Crippen LogP contribution in [0, 0.1) is 0 Å². The highest BCUT2D eigenvalue weighted by atomic mass is 16.5. The third-order valence-electron chi connectivity index (χ3n) is 0.555. The molecule has 0 saturated carbocycles. The molecule has 0 aromatic heterocycles.